The van der Waals surface area contributed by atoms with Gasteiger partial charge in [-0.25, -0.2) is 0 Å². The van der Waals surface area contributed by atoms with E-state index in [4.69, 9.17) is 0 Å². The Labute approximate surface area is 143 Å². The van der Waals surface area contributed by atoms with Gasteiger partial charge >= 0.3 is 0 Å². The van der Waals surface area contributed by atoms with E-state index < -0.39 is 6.10 Å². The van der Waals surface area contributed by atoms with E-state index in [0.717, 1.165) is 24.9 Å². The molecule has 3 rings (SSSR count). The summed E-state index contributed by atoms with van der Waals surface area (Å²) < 4.78 is 0. The molecule has 2 aliphatic rings. The number of amides is 2. The topological polar surface area (TPSA) is 60.9 Å². The molecule has 5 heteroatoms. The zero-order valence-electron chi connectivity index (χ0n) is 14.2. The molecule has 1 N–H and O–H groups in total. The lowest BCUT2D eigenvalue weighted by Gasteiger charge is -2.28. The summed E-state index contributed by atoms with van der Waals surface area (Å²) in [4.78, 5) is 28.8. The number of benzene rings is 1. The van der Waals surface area contributed by atoms with Crippen molar-refractivity contribution in [1.82, 2.24) is 9.80 Å². The van der Waals surface area contributed by atoms with Gasteiger partial charge in [0.1, 0.15) is 0 Å². The first-order valence-corrected chi connectivity index (χ1v) is 8.85. The van der Waals surface area contributed by atoms with E-state index in [0.29, 0.717) is 25.9 Å². The molecule has 0 spiro atoms. The summed E-state index contributed by atoms with van der Waals surface area (Å²) in [5, 5.41) is 9.63. The molecule has 0 radical (unpaired) electrons. The van der Waals surface area contributed by atoms with Crippen LogP contribution in [0.15, 0.2) is 30.3 Å². The second kappa shape index (κ2) is 7.34. The van der Waals surface area contributed by atoms with Gasteiger partial charge in [0.2, 0.25) is 11.8 Å². The van der Waals surface area contributed by atoms with Crippen LogP contribution >= 0.6 is 0 Å². The Kier molecular flexibility index (Phi) is 5.19. The van der Waals surface area contributed by atoms with Gasteiger partial charge in [-0.1, -0.05) is 30.3 Å². The summed E-state index contributed by atoms with van der Waals surface area (Å²) in [6, 6.07) is 10.0. The van der Waals surface area contributed by atoms with Crippen molar-refractivity contribution in [1.29, 1.82) is 0 Å². The van der Waals surface area contributed by atoms with Gasteiger partial charge < -0.3 is 14.9 Å². The minimum atomic E-state index is -0.400. The summed E-state index contributed by atoms with van der Waals surface area (Å²) in [5.41, 5.74) is 1.09. The van der Waals surface area contributed by atoms with Crippen LogP contribution in [0.4, 0.5) is 0 Å². The second-order valence-electron chi connectivity index (χ2n) is 7.07. The van der Waals surface area contributed by atoms with E-state index in [9.17, 15) is 14.7 Å². The van der Waals surface area contributed by atoms with Gasteiger partial charge in [0, 0.05) is 32.1 Å². The number of rotatable bonds is 5. The van der Waals surface area contributed by atoms with Crippen LogP contribution in [0, 0.1) is 5.92 Å². The lowest BCUT2D eigenvalue weighted by Crippen LogP contribution is -2.41. The molecule has 3 unspecified atom stereocenters. The smallest absolute Gasteiger partial charge is 0.228 e. The van der Waals surface area contributed by atoms with Gasteiger partial charge in [-0.3, -0.25) is 9.59 Å². The highest BCUT2D eigenvalue weighted by molar-refractivity contribution is 5.89. The highest BCUT2D eigenvalue weighted by Gasteiger charge is 2.39. The maximum Gasteiger partial charge on any atom is 0.228 e. The van der Waals surface area contributed by atoms with Crippen LogP contribution in [0.3, 0.4) is 0 Å². The van der Waals surface area contributed by atoms with Crippen molar-refractivity contribution < 1.29 is 14.7 Å². The Morgan fingerprint density at radius 2 is 2.08 bits per heavy atom. The fraction of sp³-hybridized carbons (Fsp3) is 0.579. The Bertz CT molecular complexity index is 588. The molecule has 1 aromatic carbocycles. The molecule has 0 aromatic heterocycles. The van der Waals surface area contributed by atoms with E-state index in [1.165, 1.54) is 0 Å². The van der Waals surface area contributed by atoms with Gasteiger partial charge in [0.05, 0.1) is 12.0 Å². The molecule has 2 fully saturated rings. The third-order valence-corrected chi connectivity index (χ3v) is 5.05. The van der Waals surface area contributed by atoms with E-state index in [-0.39, 0.29) is 23.8 Å². The lowest BCUT2D eigenvalue weighted by molar-refractivity contribution is -0.137. The maximum absolute atomic E-state index is 12.8. The predicted molar refractivity (Wildman–Crippen MR) is 91.0 cm³/mol. The lowest BCUT2D eigenvalue weighted by atomic mass is 10.0. The van der Waals surface area contributed by atoms with Crippen molar-refractivity contribution in [2.45, 2.75) is 51.3 Å². The number of hydrogen-bond acceptors (Lipinski definition) is 3. The van der Waals surface area contributed by atoms with E-state index in [1.807, 2.05) is 35.2 Å². The molecule has 2 amide bonds. The van der Waals surface area contributed by atoms with Gasteiger partial charge in [0.25, 0.3) is 0 Å². The largest absolute Gasteiger partial charge is 0.393 e. The molecule has 3 atom stereocenters. The zero-order valence-corrected chi connectivity index (χ0v) is 14.2. The molecule has 2 saturated heterocycles. The average Bonchev–Trinajstić information content (AvgIpc) is 3.14. The van der Waals surface area contributed by atoms with Crippen molar-refractivity contribution in [3.05, 3.63) is 35.9 Å². The summed E-state index contributed by atoms with van der Waals surface area (Å²) in [5.74, 6) is -0.0960. The number of likely N-dealkylation sites (tertiary alicyclic amines) is 2. The first kappa shape index (κ1) is 17.0. The van der Waals surface area contributed by atoms with E-state index >= 15 is 0 Å². The van der Waals surface area contributed by atoms with E-state index in [2.05, 4.69) is 0 Å². The number of aliphatic hydroxyl groups excluding tert-OH is 1. The first-order chi connectivity index (χ1) is 11.5. The first-order valence-electron chi connectivity index (χ1n) is 8.85. The highest BCUT2D eigenvalue weighted by Crippen LogP contribution is 2.28. The molecule has 130 valence electrons. The van der Waals surface area contributed by atoms with Gasteiger partial charge in [-0.15, -0.1) is 0 Å². The molecule has 24 heavy (non-hydrogen) atoms. The van der Waals surface area contributed by atoms with Crippen LogP contribution in [-0.4, -0.2) is 52.0 Å². The second-order valence-corrected chi connectivity index (χ2v) is 7.07. The van der Waals surface area contributed by atoms with Crippen molar-refractivity contribution in [2.24, 2.45) is 5.92 Å². The Morgan fingerprint density at radius 1 is 1.33 bits per heavy atom. The Hall–Kier alpha value is -1.88. The van der Waals surface area contributed by atoms with Gasteiger partial charge in [-0.05, 0) is 31.7 Å². The molecule has 0 bridgehead atoms. The quantitative estimate of drug-likeness (QED) is 0.895. The highest BCUT2D eigenvalue weighted by atomic mass is 16.3. The third-order valence-electron chi connectivity index (χ3n) is 5.05. The maximum atomic E-state index is 12.8. The van der Waals surface area contributed by atoms with Crippen LogP contribution in [0.2, 0.25) is 0 Å². The standard InChI is InChI=1S/C19H26N2O3/c1-14(22)10-17-8-5-9-21(17)19(24)16-11-18(23)20(13-16)12-15-6-3-2-4-7-15/h2-4,6-7,14,16-17,22H,5,8-13H2,1H3. The number of aliphatic hydroxyl groups is 1. The van der Waals surface area contributed by atoms with Crippen molar-refractivity contribution in [3.63, 3.8) is 0 Å². The number of nitrogens with zero attached hydrogens (tertiary/aromatic N) is 2. The summed E-state index contributed by atoms with van der Waals surface area (Å²) >= 11 is 0. The molecule has 5 nitrogen and oxygen atoms in total. The molecule has 2 aliphatic heterocycles. The summed E-state index contributed by atoms with van der Waals surface area (Å²) in [6.45, 7) is 3.59. The zero-order chi connectivity index (χ0) is 17.1. The monoisotopic (exact) mass is 330 g/mol. The van der Waals surface area contributed by atoms with E-state index in [1.54, 1.807) is 11.8 Å². The summed E-state index contributed by atoms with van der Waals surface area (Å²) in [6.07, 6.45) is 2.47. The third kappa shape index (κ3) is 3.78. The SMILES string of the molecule is CC(O)CC1CCCN1C(=O)C1CC(=O)N(Cc2ccccc2)C1. The van der Waals surface area contributed by atoms with Crippen LogP contribution in [0.5, 0.6) is 0 Å². The minimum Gasteiger partial charge on any atom is -0.393 e. The fourth-order valence-electron chi connectivity index (χ4n) is 3.89. The minimum absolute atomic E-state index is 0.0588. The van der Waals surface area contributed by atoms with Crippen molar-refractivity contribution in [3.8, 4) is 0 Å². The van der Waals surface area contributed by atoms with Gasteiger partial charge in [0.15, 0.2) is 0 Å². The number of hydrogen-bond donors (Lipinski definition) is 1. The normalized spacial score (nSPS) is 25.3. The molecule has 1 aromatic rings. The molecule has 0 saturated carbocycles. The van der Waals surface area contributed by atoms with Crippen molar-refractivity contribution >= 4 is 11.8 Å². The van der Waals surface area contributed by atoms with Gasteiger partial charge in [-0.2, -0.15) is 0 Å². The summed E-state index contributed by atoms with van der Waals surface area (Å²) in [7, 11) is 0. The molecule has 0 aliphatic carbocycles. The molecular formula is C19H26N2O3. The fourth-order valence-corrected chi connectivity index (χ4v) is 3.89. The predicted octanol–water partition coefficient (Wildman–Crippen LogP) is 1.80. The van der Waals surface area contributed by atoms with Crippen LogP contribution in [0.1, 0.15) is 38.2 Å². The number of carbonyl (C=O) groups excluding carboxylic acids is 2. The Morgan fingerprint density at radius 3 is 2.79 bits per heavy atom. The average molecular weight is 330 g/mol. The Balaban J connectivity index is 1.61. The van der Waals surface area contributed by atoms with Crippen molar-refractivity contribution in [2.75, 3.05) is 13.1 Å². The molecular weight excluding hydrogens is 304 g/mol. The van der Waals surface area contributed by atoms with Crippen LogP contribution < -0.4 is 0 Å². The van der Waals surface area contributed by atoms with Crippen LogP contribution in [-0.2, 0) is 16.1 Å². The van der Waals surface area contributed by atoms with Crippen LogP contribution in [0.25, 0.3) is 0 Å². The molecule has 2 heterocycles. The number of carbonyl (C=O) groups is 2.